The zero-order valence-corrected chi connectivity index (χ0v) is 18.4. The molecule has 0 spiro atoms. The molecule has 1 amide bonds. The maximum Gasteiger partial charge on any atom is 0.340 e. The number of benzene rings is 1. The first-order chi connectivity index (χ1) is 15.5. The summed E-state index contributed by atoms with van der Waals surface area (Å²) >= 11 is 0. The van der Waals surface area contributed by atoms with Crippen LogP contribution in [0.2, 0.25) is 0 Å². The lowest BCUT2D eigenvalue weighted by molar-refractivity contribution is 0.0602. The third-order valence-electron chi connectivity index (χ3n) is 5.59. The Bertz CT molecular complexity index is 1130. The monoisotopic (exact) mass is 434 g/mol. The van der Waals surface area contributed by atoms with Gasteiger partial charge in [0.25, 0.3) is 5.91 Å². The Balaban J connectivity index is 1.64. The summed E-state index contributed by atoms with van der Waals surface area (Å²) in [6.45, 7) is 6.56. The summed E-state index contributed by atoms with van der Waals surface area (Å²) in [6.07, 6.45) is 1.71. The van der Waals surface area contributed by atoms with Crippen LogP contribution < -0.4 is 10.2 Å². The number of anilines is 2. The Hall–Kier alpha value is -3.65. The summed E-state index contributed by atoms with van der Waals surface area (Å²) in [7, 11) is 1.33. The molecule has 8 nitrogen and oxygen atoms in total. The molecule has 0 radical (unpaired) electrons. The van der Waals surface area contributed by atoms with Gasteiger partial charge in [-0.2, -0.15) is 0 Å². The minimum atomic E-state index is -0.505. The van der Waals surface area contributed by atoms with Gasteiger partial charge in [0.15, 0.2) is 0 Å². The fraction of sp³-hybridized carbons (Fsp3) is 0.292. The molecule has 1 N–H and O–H groups in total. The van der Waals surface area contributed by atoms with Crippen molar-refractivity contribution >= 4 is 23.3 Å². The third-order valence-corrected chi connectivity index (χ3v) is 5.59. The van der Waals surface area contributed by atoms with Gasteiger partial charge in [-0.05, 0) is 50.2 Å². The maximum atomic E-state index is 13.2. The Morgan fingerprint density at radius 2 is 1.84 bits per heavy atom. The van der Waals surface area contributed by atoms with Gasteiger partial charge >= 0.3 is 5.97 Å². The Kier molecular flexibility index (Phi) is 6.23. The van der Waals surface area contributed by atoms with Gasteiger partial charge in [-0.3, -0.25) is 4.79 Å². The average Bonchev–Trinajstić information content (AvgIpc) is 3.13. The van der Waals surface area contributed by atoms with E-state index in [0.717, 1.165) is 36.0 Å². The molecule has 166 valence electrons. The van der Waals surface area contributed by atoms with E-state index in [0.29, 0.717) is 30.0 Å². The number of aryl methyl sites for hydroxylation is 1. The fourth-order valence-corrected chi connectivity index (χ4v) is 3.96. The Morgan fingerprint density at radius 1 is 1.06 bits per heavy atom. The Labute approximate surface area is 186 Å². The van der Waals surface area contributed by atoms with E-state index in [1.165, 1.54) is 7.11 Å². The highest BCUT2D eigenvalue weighted by Crippen LogP contribution is 2.27. The molecule has 32 heavy (non-hydrogen) atoms. The van der Waals surface area contributed by atoms with E-state index in [1.807, 2.05) is 48.7 Å². The quantitative estimate of drug-likeness (QED) is 0.620. The Morgan fingerprint density at radius 3 is 2.53 bits per heavy atom. The summed E-state index contributed by atoms with van der Waals surface area (Å²) in [5.74, 6) is -0.0643. The minimum absolute atomic E-state index is 0.301. The van der Waals surface area contributed by atoms with E-state index in [9.17, 15) is 9.59 Å². The number of amides is 1. The molecule has 3 heterocycles. The summed E-state index contributed by atoms with van der Waals surface area (Å²) in [5.41, 5.74) is 3.77. The van der Waals surface area contributed by atoms with Crippen molar-refractivity contribution in [3.05, 3.63) is 71.2 Å². The second-order valence-electron chi connectivity index (χ2n) is 7.58. The van der Waals surface area contributed by atoms with Gasteiger partial charge in [-0.1, -0.05) is 6.07 Å². The molecule has 1 aliphatic heterocycles. The first kappa shape index (κ1) is 21.6. The van der Waals surface area contributed by atoms with Crippen molar-refractivity contribution in [2.24, 2.45) is 0 Å². The van der Waals surface area contributed by atoms with E-state index < -0.39 is 5.97 Å². The highest BCUT2D eigenvalue weighted by molar-refractivity contribution is 6.09. The molecule has 4 rings (SSSR count). The maximum absolute atomic E-state index is 13.2. The number of pyridine rings is 1. The highest BCUT2D eigenvalue weighted by atomic mass is 16.5. The number of nitrogens with one attached hydrogen (secondary N) is 1. The third kappa shape index (κ3) is 4.22. The number of hydrogen-bond donors (Lipinski definition) is 1. The highest BCUT2D eigenvalue weighted by Gasteiger charge is 2.21. The number of esters is 1. The first-order valence-corrected chi connectivity index (χ1v) is 10.5. The molecule has 0 bridgehead atoms. The molecule has 1 aliphatic rings. The van der Waals surface area contributed by atoms with E-state index in [1.54, 1.807) is 18.3 Å². The molecule has 1 aromatic carbocycles. The minimum Gasteiger partial charge on any atom is -0.465 e. The molecule has 0 saturated carbocycles. The number of rotatable bonds is 5. The van der Waals surface area contributed by atoms with Crippen LogP contribution in [0, 0.1) is 13.8 Å². The number of hydrogen-bond acceptors (Lipinski definition) is 6. The second kappa shape index (κ2) is 9.23. The molecule has 1 fully saturated rings. The van der Waals surface area contributed by atoms with Crippen LogP contribution >= 0.6 is 0 Å². The van der Waals surface area contributed by atoms with Crippen LogP contribution in [0.15, 0.2) is 48.7 Å². The lowest BCUT2D eigenvalue weighted by Gasteiger charge is -2.29. The molecule has 3 aromatic rings. The second-order valence-corrected chi connectivity index (χ2v) is 7.58. The molecule has 2 aromatic heterocycles. The lowest BCUT2D eigenvalue weighted by atomic mass is 10.1. The zero-order chi connectivity index (χ0) is 22.7. The number of nitrogens with zero attached hydrogens (tertiary/aromatic N) is 3. The number of morpholine rings is 1. The molecular formula is C24H26N4O4. The van der Waals surface area contributed by atoms with Crippen molar-refractivity contribution in [1.82, 2.24) is 9.55 Å². The number of ether oxygens (including phenoxy) is 2. The molecular weight excluding hydrogens is 408 g/mol. The predicted octanol–water partition coefficient (Wildman–Crippen LogP) is 3.36. The van der Waals surface area contributed by atoms with Gasteiger partial charge in [0.1, 0.15) is 5.82 Å². The standard InChI is InChI=1S/C24H26N4O4/c1-16-14-19(17(2)28(16)22-6-4-5-9-25-22)23(29)26-21-8-7-18(15-20(21)24(30)31-3)27-10-12-32-13-11-27/h4-9,14-15H,10-13H2,1-3H3,(H,26,29). The molecule has 8 heteroatoms. The SMILES string of the molecule is COC(=O)c1cc(N2CCOCC2)ccc1NC(=O)c1cc(C)n(-c2ccccn2)c1C. The largest absolute Gasteiger partial charge is 0.465 e. The van der Waals surface area contributed by atoms with Crippen LogP contribution in [0.5, 0.6) is 0 Å². The van der Waals surface area contributed by atoms with Crippen molar-refractivity contribution in [3.63, 3.8) is 0 Å². The van der Waals surface area contributed by atoms with E-state index >= 15 is 0 Å². The number of carbonyl (C=O) groups is 2. The summed E-state index contributed by atoms with van der Waals surface area (Å²) in [6, 6.07) is 12.8. The predicted molar refractivity (Wildman–Crippen MR) is 122 cm³/mol. The van der Waals surface area contributed by atoms with Crippen molar-refractivity contribution in [1.29, 1.82) is 0 Å². The van der Waals surface area contributed by atoms with E-state index in [4.69, 9.17) is 9.47 Å². The van der Waals surface area contributed by atoms with E-state index in [2.05, 4.69) is 15.2 Å². The van der Waals surface area contributed by atoms with Crippen LogP contribution in [0.3, 0.4) is 0 Å². The normalized spacial score (nSPS) is 13.7. The number of methoxy groups -OCH3 is 1. The van der Waals surface area contributed by atoms with Gasteiger partial charge < -0.3 is 24.3 Å². The van der Waals surface area contributed by atoms with Crippen LogP contribution in [-0.2, 0) is 9.47 Å². The molecule has 0 atom stereocenters. The molecule has 1 saturated heterocycles. The average molecular weight is 434 g/mol. The van der Waals surface area contributed by atoms with Crippen LogP contribution in [-0.4, -0.2) is 54.8 Å². The smallest absolute Gasteiger partial charge is 0.340 e. The first-order valence-electron chi connectivity index (χ1n) is 10.5. The summed E-state index contributed by atoms with van der Waals surface area (Å²) < 4.78 is 12.3. The molecule has 0 aliphatic carbocycles. The van der Waals surface area contributed by atoms with Crippen LogP contribution in [0.1, 0.15) is 32.1 Å². The van der Waals surface area contributed by atoms with Crippen molar-refractivity contribution in [3.8, 4) is 5.82 Å². The van der Waals surface area contributed by atoms with Crippen LogP contribution in [0.25, 0.3) is 5.82 Å². The lowest BCUT2D eigenvalue weighted by Crippen LogP contribution is -2.36. The summed E-state index contributed by atoms with van der Waals surface area (Å²) in [5, 5.41) is 2.89. The molecule has 0 unspecified atom stereocenters. The van der Waals surface area contributed by atoms with Gasteiger partial charge in [0.2, 0.25) is 0 Å². The zero-order valence-electron chi connectivity index (χ0n) is 18.4. The van der Waals surface area contributed by atoms with Crippen molar-refractivity contribution < 1.29 is 19.1 Å². The number of aromatic nitrogens is 2. The van der Waals surface area contributed by atoms with Gasteiger partial charge in [0.05, 0.1) is 37.1 Å². The van der Waals surface area contributed by atoms with Gasteiger partial charge in [0, 0.05) is 36.4 Å². The number of carbonyl (C=O) groups excluding carboxylic acids is 2. The van der Waals surface area contributed by atoms with Gasteiger partial charge in [-0.15, -0.1) is 0 Å². The van der Waals surface area contributed by atoms with Gasteiger partial charge in [-0.25, -0.2) is 9.78 Å². The summed E-state index contributed by atoms with van der Waals surface area (Å²) in [4.78, 5) is 32.2. The van der Waals surface area contributed by atoms with Crippen molar-refractivity contribution in [2.75, 3.05) is 43.6 Å². The van der Waals surface area contributed by atoms with E-state index in [-0.39, 0.29) is 5.91 Å². The topological polar surface area (TPSA) is 85.7 Å². The fourth-order valence-electron chi connectivity index (χ4n) is 3.96. The van der Waals surface area contributed by atoms with Crippen LogP contribution in [0.4, 0.5) is 11.4 Å². The van der Waals surface area contributed by atoms with Crippen molar-refractivity contribution in [2.45, 2.75) is 13.8 Å².